The minimum Gasteiger partial charge on any atom is -0.265 e. The topological polar surface area (TPSA) is 89.8 Å². The van der Waals surface area contributed by atoms with E-state index < -0.39 is 10.0 Å². The summed E-state index contributed by atoms with van der Waals surface area (Å²) in [6.45, 7) is 0.337. The molecule has 1 N–H and O–H groups in total. The zero-order valence-electron chi connectivity index (χ0n) is 13.8. The number of nitrogens with zero attached hydrogens (tertiary/aromatic N) is 4. The van der Waals surface area contributed by atoms with Crippen LogP contribution in [0.3, 0.4) is 0 Å². The summed E-state index contributed by atoms with van der Waals surface area (Å²) in [5.41, 5.74) is 1.64. The van der Waals surface area contributed by atoms with Gasteiger partial charge in [0.05, 0.1) is 28.3 Å². The maximum Gasteiger partial charge on any atom is 0.265 e. The molecular formula is C16H10Cl3N5O2S2. The second-order valence-corrected chi connectivity index (χ2v) is 9.17. The molecule has 4 aromatic rings. The lowest BCUT2D eigenvalue weighted by Crippen LogP contribution is -2.14. The number of anilines is 1. The molecule has 2 aromatic heterocycles. The summed E-state index contributed by atoms with van der Waals surface area (Å²) in [6.07, 6.45) is 1.52. The molecule has 0 radical (unpaired) electrons. The summed E-state index contributed by atoms with van der Waals surface area (Å²) in [5, 5.41) is 5.25. The molecule has 2 aromatic carbocycles. The predicted molar refractivity (Wildman–Crippen MR) is 111 cm³/mol. The molecule has 0 unspecified atom stereocenters. The van der Waals surface area contributed by atoms with Crippen LogP contribution in [0.1, 0.15) is 5.56 Å². The van der Waals surface area contributed by atoms with Gasteiger partial charge in [-0.05, 0) is 29.8 Å². The van der Waals surface area contributed by atoms with Crippen LogP contribution in [0.15, 0.2) is 47.5 Å². The van der Waals surface area contributed by atoms with E-state index in [0.717, 1.165) is 17.3 Å². The van der Waals surface area contributed by atoms with Gasteiger partial charge in [0.1, 0.15) is 21.0 Å². The average molecular weight is 475 g/mol. The van der Waals surface area contributed by atoms with Gasteiger partial charge in [0.2, 0.25) is 0 Å². The Morgan fingerprint density at radius 2 is 1.86 bits per heavy atom. The second-order valence-electron chi connectivity index (χ2n) is 5.77. The third-order valence-corrected chi connectivity index (χ3v) is 6.74. The third kappa shape index (κ3) is 3.81. The van der Waals surface area contributed by atoms with Crippen LogP contribution >= 0.6 is 46.5 Å². The van der Waals surface area contributed by atoms with Crippen LogP contribution in [-0.4, -0.2) is 26.9 Å². The molecule has 0 saturated heterocycles. The Morgan fingerprint density at radius 3 is 2.64 bits per heavy atom. The van der Waals surface area contributed by atoms with Gasteiger partial charge >= 0.3 is 0 Å². The van der Waals surface area contributed by atoms with E-state index >= 15 is 0 Å². The van der Waals surface area contributed by atoms with Crippen molar-refractivity contribution in [2.45, 2.75) is 11.4 Å². The fraction of sp³-hybridized carbons (Fsp3) is 0.0625. The number of aromatic nitrogens is 4. The number of sulfonamides is 1. The smallest absolute Gasteiger partial charge is 0.265 e. The number of halogens is 3. The van der Waals surface area contributed by atoms with E-state index in [9.17, 15) is 8.42 Å². The quantitative estimate of drug-likeness (QED) is 0.453. The van der Waals surface area contributed by atoms with Crippen molar-refractivity contribution in [1.29, 1.82) is 0 Å². The highest BCUT2D eigenvalue weighted by Gasteiger charge is 2.22. The molecule has 12 heteroatoms. The van der Waals surface area contributed by atoms with E-state index in [-0.39, 0.29) is 15.7 Å². The summed E-state index contributed by atoms with van der Waals surface area (Å²) in [7, 11) is -3.95. The van der Waals surface area contributed by atoms with Crippen LogP contribution in [-0.2, 0) is 16.6 Å². The Labute approximate surface area is 179 Å². The van der Waals surface area contributed by atoms with Crippen molar-refractivity contribution in [3.63, 3.8) is 0 Å². The monoisotopic (exact) mass is 473 g/mol. The SMILES string of the molecule is O=S(=O)(Nc1nn(Cc2ccc(Cl)c(Cl)c2)cc1Cl)c1cccc2nsnc12. The number of benzene rings is 2. The molecule has 0 aliphatic heterocycles. The normalized spacial score (nSPS) is 11.8. The molecule has 0 saturated carbocycles. The van der Waals surface area contributed by atoms with Crippen molar-refractivity contribution < 1.29 is 8.42 Å². The molecule has 144 valence electrons. The summed E-state index contributed by atoms with van der Waals surface area (Å²) in [5.74, 6) is 0.0157. The van der Waals surface area contributed by atoms with Gasteiger partial charge in [-0.25, -0.2) is 8.42 Å². The van der Waals surface area contributed by atoms with Gasteiger partial charge in [-0.2, -0.15) is 13.8 Å². The first-order chi connectivity index (χ1) is 13.3. The van der Waals surface area contributed by atoms with Crippen LogP contribution in [0.25, 0.3) is 11.0 Å². The van der Waals surface area contributed by atoms with Crippen LogP contribution in [0.4, 0.5) is 5.82 Å². The number of rotatable bonds is 5. The van der Waals surface area contributed by atoms with Gasteiger partial charge in [-0.15, -0.1) is 0 Å². The summed E-state index contributed by atoms with van der Waals surface area (Å²) < 4.78 is 37.6. The molecule has 0 atom stereocenters. The highest BCUT2D eigenvalue weighted by molar-refractivity contribution is 7.93. The van der Waals surface area contributed by atoms with E-state index in [0.29, 0.717) is 27.6 Å². The van der Waals surface area contributed by atoms with E-state index in [1.807, 2.05) is 0 Å². The summed E-state index contributed by atoms with van der Waals surface area (Å²) >= 11 is 19.1. The largest absolute Gasteiger partial charge is 0.265 e. The number of hydrogen-bond donors (Lipinski definition) is 1. The third-order valence-electron chi connectivity index (χ3n) is 3.82. The zero-order valence-corrected chi connectivity index (χ0v) is 17.7. The molecule has 4 rings (SSSR count). The predicted octanol–water partition coefficient (Wildman–Crippen LogP) is 4.70. The van der Waals surface area contributed by atoms with Crippen LogP contribution in [0, 0.1) is 0 Å². The molecule has 0 aliphatic carbocycles. The molecule has 0 amide bonds. The Bertz CT molecular complexity index is 1290. The van der Waals surface area contributed by atoms with Gasteiger partial charge in [-0.1, -0.05) is 46.9 Å². The van der Waals surface area contributed by atoms with Crippen molar-refractivity contribution >= 4 is 73.4 Å². The van der Waals surface area contributed by atoms with Crippen molar-refractivity contribution in [3.8, 4) is 0 Å². The van der Waals surface area contributed by atoms with Crippen molar-refractivity contribution in [2.75, 3.05) is 4.72 Å². The first-order valence-corrected chi connectivity index (χ1v) is 11.1. The summed E-state index contributed by atoms with van der Waals surface area (Å²) in [4.78, 5) is 0.00819. The average Bonchev–Trinajstić information content (AvgIpc) is 3.24. The minimum absolute atomic E-state index is 0.00819. The van der Waals surface area contributed by atoms with E-state index in [4.69, 9.17) is 34.8 Å². The Balaban J connectivity index is 1.61. The van der Waals surface area contributed by atoms with Gasteiger partial charge in [0.15, 0.2) is 5.82 Å². The lowest BCUT2D eigenvalue weighted by molar-refractivity contribution is 0.601. The van der Waals surface area contributed by atoms with Crippen LogP contribution in [0.5, 0.6) is 0 Å². The molecule has 2 heterocycles. The first kappa shape index (κ1) is 19.4. The maximum atomic E-state index is 12.8. The van der Waals surface area contributed by atoms with Crippen LogP contribution in [0.2, 0.25) is 15.1 Å². The molecule has 0 aliphatic rings. The fourth-order valence-corrected chi connectivity index (χ4v) is 4.91. The highest BCUT2D eigenvalue weighted by atomic mass is 35.5. The molecule has 28 heavy (non-hydrogen) atoms. The fourth-order valence-electron chi connectivity index (χ4n) is 2.55. The molecule has 0 bridgehead atoms. The van der Waals surface area contributed by atoms with E-state index in [2.05, 4.69) is 18.6 Å². The van der Waals surface area contributed by atoms with Crippen LogP contribution < -0.4 is 4.72 Å². The molecule has 7 nitrogen and oxygen atoms in total. The van der Waals surface area contributed by atoms with E-state index in [1.54, 1.807) is 30.3 Å². The Morgan fingerprint density at radius 1 is 1.04 bits per heavy atom. The lowest BCUT2D eigenvalue weighted by atomic mass is 10.2. The number of hydrogen-bond acceptors (Lipinski definition) is 6. The van der Waals surface area contributed by atoms with Crippen molar-refractivity contribution in [2.24, 2.45) is 0 Å². The molecular weight excluding hydrogens is 465 g/mol. The zero-order chi connectivity index (χ0) is 19.9. The molecule has 0 fully saturated rings. The van der Waals surface area contributed by atoms with E-state index in [1.165, 1.54) is 16.9 Å². The second kappa shape index (κ2) is 7.49. The number of fused-ring (bicyclic) bond motifs is 1. The Hall–Kier alpha value is -1.91. The maximum absolute atomic E-state index is 12.8. The van der Waals surface area contributed by atoms with Gasteiger partial charge < -0.3 is 0 Å². The van der Waals surface area contributed by atoms with Crippen molar-refractivity contribution in [3.05, 3.63) is 63.2 Å². The first-order valence-electron chi connectivity index (χ1n) is 7.74. The highest BCUT2D eigenvalue weighted by Crippen LogP contribution is 2.27. The molecule has 0 spiro atoms. The number of nitrogens with one attached hydrogen (secondary N) is 1. The van der Waals surface area contributed by atoms with Gasteiger partial charge in [-0.3, -0.25) is 9.40 Å². The van der Waals surface area contributed by atoms with Gasteiger partial charge in [0.25, 0.3) is 10.0 Å². The lowest BCUT2D eigenvalue weighted by Gasteiger charge is -2.06. The van der Waals surface area contributed by atoms with Crippen molar-refractivity contribution in [1.82, 2.24) is 18.5 Å². The standard InChI is InChI=1S/C16H10Cl3N5O2S2/c17-10-5-4-9(6-11(10)18)7-24-8-12(19)16(20-24)23-28(25,26)14-3-1-2-13-15(14)22-27-21-13/h1-6,8H,7H2,(H,20,23). The van der Waals surface area contributed by atoms with Gasteiger partial charge in [0, 0.05) is 6.20 Å². The summed E-state index contributed by atoms with van der Waals surface area (Å²) in [6, 6.07) is 9.92. The Kier molecular flexibility index (Phi) is 5.19. The minimum atomic E-state index is -3.95.